The number of anilines is 1. The van der Waals surface area contributed by atoms with Gasteiger partial charge in [-0.1, -0.05) is 36.4 Å². The number of nitrogens with zero attached hydrogens (tertiary/aromatic N) is 1. The fourth-order valence-electron chi connectivity index (χ4n) is 2.74. The van der Waals surface area contributed by atoms with Crippen LogP contribution in [0.5, 0.6) is 11.5 Å². The highest BCUT2D eigenvalue weighted by Crippen LogP contribution is 2.42. The summed E-state index contributed by atoms with van der Waals surface area (Å²) in [6, 6.07) is 5.10. The van der Waals surface area contributed by atoms with E-state index in [1.54, 1.807) is 24.4 Å². The summed E-state index contributed by atoms with van der Waals surface area (Å²) in [6.07, 6.45) is 4.79. The SMILES string of the molecule is C=CC(=O)Nc1ccc(CCNC(=N)C(=C)/C=C(\N)c2c(Cl)c(OC)cc(OC)c2Cl)nc1. The molecule has 0 saturated carbocycles. The molecule has 0 aliphatic rings. The van der Waals surface area contributed by atoms with Gasteiger partial charge in [-0.05, 0) is 24.3 Å². The molecule has 5 N–H and O–H groups in total. The van der Waals surface area contributed by atoms with Gasteiger partial charge in [0.1, 0.15) is 17.3 Å². The molecule has 0 unspecified atom stereocenters. The molecule has 1 aromatic carbocycles. The molecular weight excluding hydrogens is 465 g/mol. The number of halogens is 2. The van der Waals surface area contributed by atoms with E-state index < -0.39 is 0 Å². The van der Waals surface area contributed by atoms with E-state index in [1.165, 1.54) is 26.4 Å². The number of aromatic nitrogens is 1. The van der Waals surface area contributed by atoms with E-state index in [2.05, 4.69) is 28.8 Å². The van der Waals surface area contributed by atoms with Crippen LogP contribution in [0.2, 0.25) is 10.0 Å². The molecule has 2 rings (SSSR count). The van der Waals surface area contributed by atoms with Crippen LogP contribution in [0.15, 0.2) is 55.3 Å². The third-order valence-electron chi connectivity index (χ3n) is 4.47. The second-order valence-electron chi connectivity index (χ2n) is 6.69. The average Bonchev–Trinajstić information content (AvgIpc) is 2.80. The van der Waals surface area contributed by atoms with Crippen molar-refractivity contribution >= 4 is 46.3 Å². The lowest BCUT2D eigenvalue weighted by molar-refractivity contribution is -0.111. The molecule has 0 aliphatic heterocycles. The lowest BCUT2D eigenvalue weighted by atomic mass is 10.1. The highest BCUT2D eigenvalue weighted by atomic mass is 35.5. The van der Waals surface area contributed by atoms with Crippen molar-refractivity contribution in [3.05, 3.63) is 76.6 Å². The number of carbonyl (C=O) groups excluding carboxylic acids is 1. The predicted octanol–water partition coefficient (Wildman–Crippen LogP) is 4.20. The molecule has 0 spiro atoms. The van der Waals surface area contributed by atoms with Crippen molar-refractivity contribution in [1.82, 2.24) is 10.3 Å². The van der Waals surface area contributed by atoms with E-state index in [9.17, 15) is 4.79 Å². The Hall–Kier alpha value is -3.49. The monoisotopic (exact) mass is 489 g/mol. The zero-order valence-electron chi connectivity index (χ0n) is 18.3. The van der Waals surface area contributed by atoms with Crippen LogP contribution in [0, 0.1) is 5.41 Å². The Morgan fingerprint density at radius 1 is 1.24 bits per heavy atom. The first-order valence-corrected chi connectivity index (χ1v) is 10.4. The average molecular weight is 490 g/mol. The van der Waals surface area contributed by atoms with E-state index in [0.717, 1.165) is 5.69 Å². The summed E-state index contributed by atoms with van der Waals surface area (Å²) in [6.45, 7) is 7.72. The number of nitrogens with two attached hydrogens (primary N) is 1. The van der Waals surface area contributed by atoms with Gasteiger partial charge in [-0.25, -0.2) is 0 Å². The van der Waals surface area contributed by atoms with E-state index >= 15 is 0 Å². The number of methoxy groups -OCH3 is 2. The predicted molar refractivity (Wildman–Crippen MR) is 133 cm³/mol. The maximum atomic E-state index is 11.3. The number of benzene rings is 1. The van der Waals surface area contributed by atoms with Crippen LogP contribution >= 0.6 is 23.2 Å². The molecule has 0 fully saturated rings. The Balaban J connectivity index is 2.02. The Bertz CT molecular complexity index is 1070. The lowest BCUT2D eigenvalue weighted by Crippen LogP contribution is -2.26. The van der Waals surface area contributed by atoms with Crippen LogP contribution < -0.4 is 25.8 Å². The molecule has 1 heterocycles. The molecule has 33 heavy (non-hydrogen) atoms. The number of ether oxygens (including phenoxy) is 2. The van der Waals surface area contributed by atoms with Gasteiger partial charge < -0.3 is 25.8 Å². The van der Waals surface area contributed by atoms with Crippen LogP contribution in [0.1, 0.15) is 11.3 Å². The van der Waals surface area contributed by atoms with E-state index in [-0.39, 0.29) is 27.5 Å². The highest BCUT2D eigenvalue weighted by Gasteiger charge is 2.19. The number of nitrogens with one attached hydrogen (secondary N) is 3. The summed E-state index contributed by atoms with van der Waals surface area (Å²) in [4.78, 5) is 15.6. The number of pyridine rings is 1. The Kier molecular flexibility index (Phi) is 9.32. The summed E-state index contributed by atoms with van der Waals surface area (Å²) in [7, 11) is 2.94. The third-order valence-corrected chi connectivity index (χ3v) is 5.22. The summed E-state index contributed by atoms with van der Waals surface area (Å²) in [5, 5.41) is 14.3. The zero-order chi connectivity index (χ0) is 24.5. The molecule has 0 radical (unpaired) electrons. The number of amidine groups is 1. The van der Waals surface area contributed by atoms with E-state index in [0.29, 0.717) is 41.3 Å². The first-order chi connectivity index (χ1) is 15.7. The van der Waals surface area contributed by atoms with Gasteiger partial charge in [0.25, 0.3) is 0 Å². The quantitative estimate of drug-likeness (QED) is 0.171. The van der Waals surface area contributed by atoms with Crippen molar-refractivity contribution in [2.75, 3.05) is 26.1 Å². The van der Waals surface area contributed by atoms with Crippen molar-refractivity contribution in [2.24, 2.45) is 5.73 Å². The molecule has 0 bridgehead atoms. The number of hydrogen-bond donors (Lipinski definition) is 4. The summed E-state index contributed by atoms with van der Waals surface area (Å²) >= 11 is 12.8. The molecule has 174 valence electrons. The Morgan fingerprint density at radius 2 is 1.88 bits per heavy atom. The van der Waals surface area contributed by atoms with E-state index in [4.69, 9.17) is 43.8 Å². The highest BCUT2D eigenvalue weighted by molar-refractivity contribution is 6.39. The van der Waals surface area contributed by atoms with Gasteiger partial charge in [0.2, 0.25) is 5.91 Å². The zero-order valence-corrected chi connectivity index (χ0v) is 19.8. The van der Waals surface area contributed by atoms with Crippen LogP contribution in [0.25, 0.3) is 5.70 Å². The third kappa shape index (κ3) is 6.74. The first-order valence-electron chi connectivity index (χ1n) is 9.69. The summed E-state index contributed by atoms with van der Waals surface area (Å²) in [5.74, 6) is 0.478. The standard InChI is InChI=1S/C23H25Cl2N5O3/c1-5-19(31)30-15-7-6-14(29-12-15)8-9-28-23(27)13(2)10-16(26)20-21(24)17(32-3)11-18(33-4)22(20)25/h5-7,10-12H,1-2,8-9,26H2,3-4H3,(H2,27,28)(H,30,31)/b16-10-. The molecule has 1 amide bonds. The van der Waals surface area contributed by atoms with Gasteiger partial charge >= 0.3 is 0 Å². The molecule has 0 saturated heterocycles. The van der Waals surface area contributed by atoms with Gasteiger partial charge in [0, 0.05) is 41.6 Å². The van der Waals surface area contributed by atoms with Gasteiger partial charge in [0.15, 0.2) is 0 Å². The Labute approximate surface area is 202 Å². The van der Waals surface area contributed by atoms with Crippen LogP contribution in [0.4, 0.5) is 5.69 Å². The largest absolute Gasteiger partial charge is 0.495 e. The molecule has 0 atom stereocenters. The maximum absolute atomic E-state index is 11.3. The van der Waals surface area contributed by atoms with E-state index in [1.807, 2.05) is 0 Å². The van der Waals surface area contributed by atoms with Crippen molar-refractivity contribution < 1.29 is 14.3 Å². The summed E-state index contributed by atoms with van der Waals surface area (Å²) in [5.41, 5.74) is 8.44. The smallest absolute Gasteiger partial charge is 0.247 e. The second kappa shape index (κ2) is 11.9. The van der Waals surface area contributed by atoms with Gasteiger partial charge in [-0.3, -0.25) is 15.2 Å². The van der Waals surface area contributed by atoms with Crippen molar-refractivity contribution in [1.29, 1.82) is 5.41 Å². The first kappa shape index (κ1) is 25.8. The minimum Gasteiger partial charge on any atom is -0.495 e. The van der Waals surface area contributed by atoms with Gasteiger partial charge in [-0.2, -0.15) is 0 Å². The minimum atomic E-state index is -0.305. The summed E-state index contributed by atoms with van der Waals surface area (Å²) < 4.78 is 10.5. The van der Waals surface area contributed by atoms with Gasteiger partial charge in [-0.15, -0.1) is 0 Å². The Morgan fingerprint density at radius 3 is 2.39 bits per heavy atom. The topological polar surface area (TPSA) is 122 Å². The van der Waals surface area contributed by atoms with Crippen LogP contribution in [0.3, 0.4) is 0 Å². The van der Waals surface area contributed by atoms with Crippen molar-refractivity contribution in [2.45, 2.75) is 6.42 Å². The van der Waals surface area contributed by atoms with Crippen LogP contribution in [-0.2, 0) is 11.2 Å². The maximum Gasteiger partial charge on any atom is 0.247 e. The molecule has 8 nitrogen and oxygen atoms in total. The number of rotatable bonds is 10. The van der Waals surface area contributed by atoms with Crippen molar-refractivity contribution in [3.63, 3.8) is 0 Å². The number of hydrogen-bond acceptors (Lipinski definition) is 6. The molecule has 1 aromatic heterocycles. The number of carbonyl (C=O) groups is 1. The lowest BCUT2D eigenvalue weighted by Gasteiger charge is -2.15. The molecule has 0 aliphatic carbocycles. The fraction of sp³-hybridized carbons (Fsp3) is 0.174. The van der Waals surface area contributed by atoms with Crippen molar-refractivity contribution in [3.8, 4) is 11.5 Å². The normalized spacial score (nSPS) is 10.8. The van der Waals surface area contributed by atoms with Crippen LogP contribution in [-0.4, -0.2) is 37.5 Å². The fourth-order valence-corrected chi connectivity index (χ4v) is 3.46. The molecule has 2 aromatic rings. The van der Waals surface area contributed by atoms with Gasteiger partial charge in [0.05, 0.1) is 36.1 Å². The number of amides is 1. The molecule has 10 heteroatoms. The minimum absolute atomic E-state index is 0.0786. The second-order valence-corrected chi connectivity index (χ2v) is 7.45. The molecular formula is C23H25Cl2N5O3.